The number of carbonyl (C=O) groups excluding carboxylic acids is 1. The zero-order chi connectivity index (χ0) is 26.1. The monoisotopic (exact) mass is 498 g/mol. The molecule has 0 unspecified atom stereocenters. The average molecular weight is 499 g/mol. The smallest absolute Gasteiger partial charge is 0.330 e. The molecule has 37 heavy (non-hydrogen) atoms. The van der Waals surface area contributed by atoms with E-state index in [1.54, 1.807) is 37.3 Å². The second-order valence-corrected chi connectivity index (χ2v) is 8.61. The van der Waals surface area contributed by atoms with Gasteiger partial charge in [-0.3, -0.25) is 24.0 Å². The normalized spacial score (nSPS) is 11.1. The first kappa shape index (κ1) is 23.8. The number of aryl methyl sites for hydroxylation is 1. The van der Waals surface area contributed by atoms with E-state index < -0.39 is 23.0 Å². The number of fused-ring (bicyclic) bond motifs is 1. The van der Waals surface area contributed by atoms with E-state index in [0.717, 1.165) is 10.5 Å². The van der Waals surface area contributed by atoms with E-state index in [2.05, 4.69) is 4.98 Å². The highest BCUT2D eigenvalue weighted by molar-refractivity contribution is 6.08. The lowest BCUT2D eigenvalue weighted by Crippen LogP contribution is -2.41. The maximum atomic E-state index is 14.4. The molecule has 8 nitrogen and oxygen atoms in total. The minimum atomic E-state index is -0.823. The Morgan fingerprint density at radius 1 is 0.973 bits per heavy atom. The molecule has 0 aliphatic rings. The second kappa shape index (κ2) is 9.62. The molecule has 3 aromatic carbocycles. The zero-order valence-corrected chi connectivity index (χ0v) is 19.9. The molecule has 0 fully saturated rings. The third-order valence-electron chi connectivity index (χ3n) is 6.21. The van der Waals surface area contributed by atoms with Crippen molar-refractivity contribution in [3.8, 4) is 0 Å². The molecule has 0 saturated heterocycles. The van der Waals surface area contributed by atoms with Crippen LogP contribution in [0.2, 0.25) is 0 Å². The Morgan fingerprint density at radius 2 is 1.62 bits per heavy atom. The van der Waals surface area contributed by atoms with Crippen LogP contribution in [0.25, 0.3) is 11.0 Å². The van der Waals surface area contributed by atoms with Crippen molar-refractivity contribution in [2.45, 2.75) is 20.0 Å². The summed E-state index contributed by atoms with van der Waals surface area (Å²) in [6.45, 7) is 1.68. The highest BCUT2D eigenvalue weighted by atomic mass is 19.1. The van der Waals surface area contributed by atoms with Crippen LogP contribution in [0.15, 0.2) is 92.9 Å². The number of nitrogens with one attached hydrogen (secondary N) is 1. The van der Waals surface area contributed by atoms with Crippen molar-refractivity contribution in [1.29, 1.82) is 0 Å². The second-order valence-electron chi connectivity index (χ2n) is 8.61. The lowest BCUT2D eigenvalue weighted by molar-refractivity contribution is 0.0959. The van der Waals surface area contributed by atoms with Gasteiger partial charge in [0.25, 0.3) is 11.5 Å². The number of nitrogen functional groups attached to an aromatic ring is 1. The zero-order valence-electron chi connectivity index (χ0n) is 19.9. The number of rotatable bonds is 6. The Morgan fingerprint density at radius 3 is 2.27 bits per heavy atom. The quantitative estimate of drug-likeness (QED) is 0.364. The molecular formula is C28H23FN4O4. The SMILES string of the molecule is Cc1c(C(=O)N(Cc2ccccc2)c2c(N)n(Cc3ccccc3)c(=O)[nH]c2=O)oc2c(F)cccc12. The van der Waals surface area contributed by atoms with Crippen molar-refractivity contribution in [3.05, 3.63) is 128 Å². The molecule has 9 heteroatoms. The van der Waals surface area contributed by atoms with Gasteiger partial charge in [0.05, 0.1) is 13.1 Å². The van der Waals surface area contributed by atoms with Gasteiger partial charge in [0, 0.05) is 10.9 Å². The van der Waals surface area contributed by atoms with Crippen molar-refractivity contribution in [1.82, 2.24) is 9.55 Å². The van der Waals surface area contributed by atoms with E-state index in [0.29, 0.717) is 16.5 Å². The van der Waals surface area contributed by atoms with Crippen LogP contribution < -0.4 is 21.9 Å². The van der Waals surface area contributed by atoms with Crippen LogP contribution in [0.3, 0.4) is 0 Å². The van der Waals surface area contributed by atoms with E-state index in [4.69, 9.17) is 10.2 Å². The fourth-order valence-corrected chi connectivity index (χ4v) is 4.31. The maximum absolute atomic E-state index is 14.4. The van der Waals surface area contributed by atoms with E-state index >= 15 is 0 Å². The minimum absolute atomic E-state index is 0.0462. The molecular weight excluding hydrogens is 475 g/mol. The number of hydrogen-bond acceptors (Lipinski definition) is 5. The van der Waals surface area contributed by atoms with Gasteiger partial charge in [-0.25, -0.2) is 9.18 Å². The molecule has 5 aromatic rings. The van der Waals surface area contributed by atoms with Gasteiger partial charge in [-0.1, -0.05) is 72.8 Å². The van der Waals surface area contributed by atoms with Crippen LogP contribution >= 0.6 is 0 Å². The number of nitrogens with two attached hydrogens (primary N) is 1. The number of halogens is 1. The predicted octanol–water partition coefficient (Wildman–Crippen LogP) is 4.21. The highest BCUT2D eigenvalue weighted by Crippen LogP contribution is 2.30. The molecule has 2 aromatic heterocycles. The summed E-state index contributed by atoms with van der Waals surface area (Å²) < 4.78 is 21.3. The number of aromatic amines is 1. The summed E-state index contributed by atoms with van der Waals surface area (Å²) in [5.74, 6) is -1.61. The molecule has 1 amide bonds. The molecule has 0 bridgehead atoms. The van der Waals surface area contributed by atoms with E-state index in [1.165, 1.54) is 16.7 Å². The molecule has 0 aliphatic heterocycles. The molecule has 0 radical (unpaired) electrons. The fourth-order valence-electron chi connectivity index (χ4n) is 4.31. The third-order valence-corrected chi connectivity index (χ3v) is 6.21. The van der Waals surface area contributed by atoms with Gasteiger partial charge in [0.1, 0.15) is 5.82 Å². The van der Waals surface area contributed by atoms with Crippen molar-refractivity contribution >= 4 is 28.4 Å². The van der Waals surface area contributed by atoms with Crippen molar-refractivity contribution in [2.24, 2.45) is 0 Å². The van der Waals surface area contributed by atoms with E-state index in [1.807, 2.05) is 36.4 Å². The van der Waals surface area contributed by atoms with Gasteiger partial charge < -0.3 is 10.2 Å². The van der Waals surface area contributed by atoms with Gasteiger partial charge in [-0.15, -0.1) is 0 Å². The lowest BCUT2D eigenvalue weighted by atomic mass is 10.1. The summed E-state index contributed by atoms with van der Waals surface area (Å²) in [5, 5.41) is 0.443. The van der Waals surface area contributed by atoms with Crippen LogP contribution in [0.1, 0.15) is 27.2 Å². The van der Waals surface area contributed by atoms with Gasteiger partial charge >= 0.3 is 5.69 Å². The number of anilines is 2. The van der Waals surface area contributed by atoms with Crippen molar-refractivity contribution < 1.29 is 13.6 Å². The third kappa shape index (κ3) is 4.42. The summed E-state index contributed by atoms with van der Waals surface area (Å²) in [6, 6.07) is 22.5. The highest BCUT2D eigenvalue weighted by Gasteiger charge is 2.30. The Kier molecular flexibility index (Phi) is 6.19. The van der Waals surface area contributed by atoms with Crippen LogP contribution in [0, 0.1) is 12.7 Å². The number of furan rings is 1. The minimum Gasteiger partial charge on any atom is -0.448 e. The molecule has 5 rings (SSSR count). The maximum Gasteiger partial charge on any atom is 0.330 e. The van der Waals surface area contributed by atoms with Gasteiger partial charge in [-0.2, -0.15) is 0 Å². The van der Waals surface area contributed by atoms with Gasteiger partial charge in [-0.05, 0) is 24.1 Å². The Balaban J connectivity index is 1.68. The first-order chi connectivity index (χ1) is 17.8. The Labute approximate surface area is 210 Å². The fraction of sp³-hybridized carbons (Fsp3) is 0.107. The van der Waals surface area contributed by atoms with Crippen LogP contribution in [0.4, 0.5) is 15.9 Å². The predicted molar refractivity (Wildman–Crippen MR) is 139 cm³/mol. The summed E-state index contributed by atoms with van der Waals surface area (Å²) in [6.07, 6.45) is 0. The first-order valence-corrected chi connectivity index (χ1v) is 11.5. The summed E-state index contributed by atoms with van der Waals surface area (Å²) >= 11 is 0. The molecule has 2 heterocycles. The van der Waals surface area contributed by atoms with Gasteiger partial charge in [0.2, 0.25) is 0 Å². The summed E-state index contributed by atoms with van der Waals surface area (Å²) in [5.41, 5.74) is 6.51. The number of nitrogens with zero attached hydrogens (tertiary/aromatic N) is 2. The number of carbonyl (C=O) groups is 1. The van der Waals surface area contributed by atoms with Crippen LogP contribution in [-0.4, -0.2) is 15.5 Å². The molecule has 0 atom stereocenters. The number of hydrogen-bond donors (Lipinski definition) is 2. The topological polar surface area (TPSA) is 114 Å². The number of amides is 1. The Bertz CT molecular complexity index is 1720. The Hall–Kier alpha value is -4.92. The van der Waals surface area contributed by atoms with Gasteiger partial charge in [0.15, 0.2) is 22.8 Å². The number of benzene rings is 3. The van der Waals surface area contributed by atoms with Crippen molar-refractivity contribution in [2.75, 3.05) is 10.6 Å². The average Bonchev–Trinajstić information content (AvgIpc) is 3.24. The molecule has 186 valence electrons. The van der Waals surface area contributed by atoms with E-state index in [-0.39, 0.29) is 35.9 Å². The van der Waals surface area contributed by atoms with Crippen LogP contribution in [0.5, 0.6) is 0 Å². The first-order valence-electron chi connectivity index (χ1n) is 11.5. The summed E-state index contributed by atoms with van der Waals surface area (Å²) in [4.78, 5) is 43.2. The molecule has 3 N–H and O–H groups in total. The number of para-hydroxylation sites is 1. The van der Waals surface area contributed by atoms with E-state index in [9.17, 15) is 18.8 Å². The lowest BCUT2D eigenvalue weighted by Gasteiger charge is -2.24. The summed E-state index contributed by atoms with van der Waals surface area (Å²) in [7, 11) is 0. The number of H-pyrrole nitrogens is 1. The van der Waals surface area contributed by atoms with Crippen LogP contribution in [-0.2, 0) is 13.1 Å². The standard InChI is InChI=1S/C28H23FN4O4/c1-17-20-13-8-14-21(29)24(20)37-23(17)27(35)32(15-18-9-4-2-5-10-18)22-25(30)33(28(36)31-26(22)34)16-19-11-6-3-7-12-19/h2-14H,15-16,30H2,1H3,(H,31,34,36). The molecule has 0 saturated carbocycles. The number of aromatic nitrogens is 2. The van der Waals surface area contributed by atoms with Crippen molar-refractivity contribution in [3.63, 3.8) is 0 Å². The molecule has 0 spiro atoms. The molecule has 0 aliphatic carbocycles. The largest absolute Gasteiger partial charge is 0.448 e.